The lowest BCUT2D eigenvalue weighted by molar-refractivity contribution is -0.143. The fraction of sp³-hybridized carbons (Fsp3) is 0.650. The summed E-state index contributed by atoms with van der Waals surface area (Å²) in [5.41, 5.74) is 15.7. The first kappa shape index (κ1) is 32.0. The van der Waals surface area contributed by atoms with Gasteiger partial charge >= 0.3 is 11.9 Å². The zero-order valence-corrected chi connectivity index (χ0v) is 20.3. The average molecular weight is 517 g/mol. The molecule has 16 nitrogen and oxygen atoms in total. The predicted molar refractivity (Wildman–Crippen MR) is 127 cm³/mol. The Bertz CT molecular complexity index is 829. The molecule has 0 aliphatic carbocycles. The summed E-state index contributed by atoms with van der Waals surface area (Å²) >= 11 is 0. The van der Waals surface area contributed by atoms with Gasteiger partial charge in [0.1, 0.15) is 18.1 Å². The maximum absolute atomic E-state index is 12.5. The molecule has 4 amide bonds. The van der Waals surface area contributed by atoms with Gasteiger partial charge in [0.2, 0.25) is 23.6 Å². The second-order valence-corrected chi connectivity index (χ2v) is 8.24. The summed E-state index contributed by atoms with van der Waals surface area (Å²) in [6, 6.07) is -3.93. The first-order valence-corrected chi connectivity index (χ1v) is 11.1. The van der Waals surface area contributed by atoms with Crippen LogP contribution < -0.4 is 38.5 Å². The fourth-order valence-corrected chi connectivity index (χ4v) is 2.91. The van der Waals surface area contributed by atoms with Crippen molar-refractivity contribution >= 4 is 41.5 Å². The highest BCUT2D eigenvalue weighted by Crippen LogP contribution is 2.06. The van der Waals surface area contributed by atoms with Crippen molar-refractivity contribution in [1.82, 2.24) is 21.3 Å². The minimum absolute atomic E-state index is 0.0821. The highest BCUT2D eigenvalue weighted by Gasteiger charge is 2.29. The van der Waals surface area contributed by atoms with Crippen LogP contribution in [0.3, 0.4) is 0 Å². The molecule has 0 saturated heterocycles. The number of carbonyl (C=O) groups is 6. The monoisotopic (exact) mass is 516 g/mol. The van der Waals surface area contributed by atoms with Crippen LogP contribution in [0.15, 0.2) is 4.99 Å². The van der Waals surface area contributed by atoms with Gasteiger partial charge in [-0.2, -0.15) is 0 Å². The number of rotatable bonds is 17. The first-order chi connectivity index (χ1) is 16.8. The van der Waals surface area contributed by atoms with Crippen LogP contribution in [0.1, 0.15) is 39.5 Å². The summed E-state index contributed by atoms with van der Waals surface area (Å²) in [4.78, 5) is 75.2. The van der Waals surface area contributed by atoms with Gasteiger partial charge in [0.25, 0.3) is 0 Å². The minimum atomic E-state index is -1.59. The van der Waals surface area contributed by atoms with Crippen molar-refractivity contribution in [2.45, 2.75) is 57.7 Å². The van der Waals surface area contributed by atoms with E-state index in [0.29, 0.717) is 6.42 Å². The van der Waals surface area contributed by atoms with E-state index >= 15 is 0 Å². The Balaban J connectivity index is 5.14. The van der Waals surface area contributed by atoms with Crippen molar-refractivity contribution in [3.05, 3.63) is 0 Å². The van der Waals surface area contributed by atoms with Crippen molar-refractivity contribution in [1.29, 1.82) is 0 Å². The number of amides is 4. The molecule has 0 aromatic rings. The van der Waals surface area contributed by atoms with E-state index in [9.17, 15) is 33.9 Å². The highest BCUT2D eigenvalue weighted by atomic mass is 16.4. The fourth-order valence-electron chi connectivity index (χ4n) is 2.91. The molecule has 0 fully saturated rings. The molecular weight excluding hydrogens is 480 g/mol. The minimum Gasteiger partial charge on any atom is -0.481 e. The second kappa shape index (κ2) is 16.6. The molecule has 0 heterocycles. The Morgan fingerprint density at radius 1 is 0.861 bits per heavy atom. The Morgan fingerprint density at radius 2 is 1.47 bits per heavy atom. The lowest BCUT2D eigenvalue weighted by Crippen LogP contribution is -2.55. The van der Waals surface area contributed by atoms with E-state index in [0.717, 1.165) is 0 Å². The van der Waals surface area contributed by atoms with Crippen LogP contribution in [0.5, 0.6) is 0 Å². The van der Waals surface area contributed by atoms with Crippen molar-refractivity contribution in [2.75, 3.05) is 19.6 Å². The summed E-state index contributed by atoms with van der Waals surface area (Å²) in [5, 5.41) is 27.4. The molecule has 0 bridgehead atoms. The van der Waals surface area contributed by atoms with Crippen molar-refractivity contribution in [3.63, 3.8) is 0 Å². The van der Waals surface area contributed by atoms with E-state index in [1.165, 1.54) is 0 Å². The summed E-state index contributed by atoms with van der Waals surface area (Å²) in [6.45, 7) is 2.64. The zero-order valence-electron chi connectivity index (χ0n) is 20.3. The van der Waals surface area contributed by atoms with E-state index in [1.807, 2.05) is 0 Å². The molecule has 0 rings (SSSR count). The first-order valence-electron chi connectivity index (χ1n) is 11.1. The Morgan fingerprint density at radius 3 is 1.97 bits per heavy atom. The number of nitrogens with one attached hydrogen (secondary N) is 4. The van der Waals surface area contributed by atoms with Gasteiger partial charge < -0.3 is 48.7 Å². The van der Waals surface area contributed by atoms with Gasteiger partial charge in [0.15, 0.2) is 5.96 Å². The van der Waals surface area contributed by atoms with E-state index in [1.54, 1.807) is 13.8 Å². The summed E-state index contributed by atoms with van der Waals surface area (Å²) in [6.07, 6.45) is -0.301. The Labute approximate surface area is 207 Å². The third-order valence-corrected chi connectivity index (χ3v) is 4.56. The van der Waals surface area contributed by atoms with Gasteiger partial charge in [-0.15, -0.1) is 0 Å². The van der Waals surface area contributed by atoms with Crippen molar-refractivity contribution < 1.29 is 39.0 Å². The quantitative estimate of drug-likeness (QED) is 0.0512. The number of aliphatic carboxylic acids is 2. The largest absolute Gasteiger partial charge is 0.481 e. The molecule has 0 spiro atoms. The van der Waals surface area contributed by atoms with Gasteiger partial charge in [-0.05, 0) is 25.2 Å². The van der Waals surface area contributed by atoms with Gasteiger partial charge in [-0.1, -0.05) is 13.8 Å². The van der Waals surface area contributed by atoms with Gasteiger partial charge in [0, 0.05) is 6.54 Å². The molecule has 0 unspecified atom stereocenters. The Kier molecular flexibility index (Phi) is 14.8. The van der Waals surface area contributed by atoms with Crippen LogP contribution in [0, 0.1) is 5.92 Å². The van der Waals surface area contributed by atoms with Crippen LogP contribution in [-0.2, 0) is 28.8 Å². The predicted octanol–water partition coefficient (Wildman–Crippen LogP) is -3.83. The molecule has 0 aliphatic heterocycles. The molecule has 3 atom stereocenters. The number of nitrogens with two attached hydrogens (primary N) is 3. The number of carbonyl (C=O) groups excluding carboxylic acids is 4. The number of guanidine groups is 1. The number of carboxylic acids is 2. The van der Waals surface area contributed by atoms with E-state index < -0.39 is 66.7 Å². The van der Waals surface area contributed by atoms with Crippen LogP contribution in [0.25, 0.3) is 0 Å². The number of aliphatic imine (C=N–C) groups is 1. The van der Waals surface area contributed by atoms with Crippen LogP contribution in [0.2, 0.25) is 0 Å². The van der Waals surface area contributed by atoms with Crippen LogP contribution in [0.4, 0.5) is 0 Å². The topological polar surface area (TPSA) is 281 Å². The number of nitrogens with zero attached hydrogens (tertiary/aromatic N) is 1. The molecule has 204 valence electrons. The molecule has 12 N–H and O–H groups in total. The number of hydrogen-bond donors (Lipinski definition) is 9. The summed E-state index contributed by atoms with van der Waals surface area (Å²) < 4.78 is 0. The average Bonchev–Trinajstić information content (AvgIpc) is 2.77. The third-order valence-electron chi connectivity index (χ3n) is 4.56. The SMILES string of the molecule is CC(C)C[C@H](NC(=O)[C@H](CC(=O)O)NC(=O)CNC(=O)[C@H](CCCN=C(N)N)NC(=O)CN)C(=O)O. The standard InChI is InChI=1S/C20H36N8O8/c1-10(2)6-13(19(35)36)28-18(34)12(7-16(31)32)27-15(30)9-25-17(33)11(26-14(29)8-21)4-3-5-24-20(22)23/h10-13H,3-9,21H2,1-2H3,(H,25,33)(H,26,29)(H,27,30)(H,28,34)(H,31,32)(H,35,36)(H4,22,23,24)/t11-,12-,13-/m0/s1. The van der Waals surface area contributed by atoms with Gasteiger partial charge in [-0.3, -0.25) is 29.0 Å². The molecular formula is C20H36N8O8. The lowest BCUT2D eigenvalue weighted by atomic mass is 10.0. The molecule has 0 aliphatic rings. The summed E-state index contributed by atoms with van der Waals surface area (Å²) in [7, 11) is 0. The number of carboxylic acid groups (broad SMARTS) is 2. The maximum atomic E-state index is 12.5. The molecule has 36 heavy (non-hydrogen) atoms. The Hall–Kier alpha value is -3.95. The van der Waals surface area contributed by atoms with Crippen LogP contribution in [-0.4, -0.2) is 89.5 Å². The zero-order chi connectivity index (χ0) is 27.8. The molecule has 0 aromatic heterocycles. The highest BCUT2D eigenvalue weighted by molar-refractivity contribution is 5.95. The van der Waals surface area contributed by atoms with Crippen molar-refractivity contribution in [2.24, 2.45) is 28.1 Å². The summed E-state index contributed by atoms with van der Waals surface area (Å²) in [5.74, 6) is -6.22. The van der Waals surface area contributed by atoms with E-state index in [4.69, 9.17) is 22.3 Å². The molecule has 0 saturated carbocycles. The number of hydrogen-bond acceptors (Lipinski definition) is 8. The van der Waals surface area contributed by atoms with E-state index in [-0.39, 0.29) is 37.8 Å². The lowest BCUT2D eigenvalue weighted by Gasteiger charge is -2.22. The maximum Gasteiger partial charge on any atom is 0.326 e. The molecule has 0 radical (unpaired) electrons. The normalized spacial score (nSPS) is 13.0. The van der Waals surface area contributed by atoms with Crippen molar-refractivity contribution in [3.8, 4) is 0 Å². The van der Waals surface area contributed by atoms with Gasteiger partial charge in [-0.25, -0.2) is 4.79 Å². The van der Waals surface area contributed by atoms with Crippen LogP contribution >= 0.6 is 0 Å². The van der Waals surface area contributed by atoms with E-state index in [2.05, 4.69) is 26.3 Å². The molecule has 16 heteroatoms. The smallest absolute Gasteiger partial charge is 0.326 e. The molecule has 0 aromatic carbocycles. The second-order valence-electron chi connectivity index (χ2n) is 8.24. The van der Waals surface area contributed by atoms with Gasteiger partial charge in [0.05, 0.1) is 19.5 Å². The third kappa shape index (κ3) is 14.3.